The third kappa shape index (κ3) is 4.89. The number of aliphatic hydroxyl groups is 6. The van der Waals surface area contributed by atoms with Gasteiger partial charge in [-0.05, 0) is 24.3 Å². The molecular formula is C26H28O14. The first-order chi connectivity index (χ1) is 19.0. The van der Waals surface area contributed by atoms with Crippen molar-refractivity contribution < 1.29 is 64.6 Å². The minimum absolute atomic E-state index is 0.0126. The third-order valence-electron chi connectivity index (χ3n) is 7.06. The predicted octanol–water partition coefficient (Wildman–Crippen LogP) is -1.45. The maximum absolute atomic E-state index is 13.1. The second kappa shape index (κ2) is 10.9. The third-order valence-corrected chi connectivity index (χ3v) is 7.06. The molecule has 0 unspecified atom stereocenters. The first-order valence-electron chi connectivity index (χ1n) is 12.3. The molecule has 3 aromatic rings. The second-order valence-electron chi connectivity index (χ2n) is 9.66. The lowest BCUT2D eigenvalue weighted by atomic mass is 9.89. The monoisotopic (exact) mass is 564 g/mol. The van der Waals surface area contributed by atoms with Crippen LogP contribution in [0.2, 0.25) is 0 Å². The summed E-state index contributed by atoms with van der Waals surface area (Å²) < 4.78 is 22.3. The Bertz CT molecular complexity index is 1420. The van der Waals surface area contributed by atoms with Crippen LogP contribution in [0, 0.1) is 0 Å². The zero-order valence-corrected chi connectivity index (χ0v) is 20.6. The normalized spacial score (nSPS) is 32.8. The van der Waals surface area contributed by atoms with Crippen molar-refractivity contribution in [2.24, 2.45) is 0 Å². The van der Waals surface area contributed by atoms with Crippen molar-refractivity contribution in [2.45, 2.75) is 55.1 Å². The van der Waals surface area contributed by atoms with Crippen LogP contribution in [-0.4, -0.2) is 108 Å². The van der Waals surface area contributed by atoms with Gasteiger partial charge in [-0.2, -0.15) is 0 Å². The van der Waals surface area contributed by atoms with Gasteiger partial charge in [-0.3, -0.25) is 4.79 Å². The van der Waals surface area contributed by atoms with E-state index in [2.05, 4.69) is 0 Å². The van der Waals surface area contributed by atoms with E-state index in [0.717, 1.165) is 12.1 Å². The Morgan fingerprint density at radius 3 is 2.27 bits per heavy atom. The van der Waals surface area contributed by atoms with Crippen LogP contribution in [0.5, 0.6) is 17.2 Å². The molecule has 5 rings (SSSR count). The van der Waals surface area contributed by atoms with Gasteiger partial charge in [0.1, 0.15) is 82.8 Å². The molecule has 9 N–H and O–H groups in total. The molecule has 0 aliphatic carbocycles. The number of hydrogen-bond acceptors (Lipinski definition) is 14. The van der Waals surface area contributed by atoms with Crippen molar-refractivity contribution in [3.05, 3.63) is 52.2 Å². The minimum Gasteiger partial charge on any atom is -0.508 e. The van der Waals surface area contributed by atoms with E-state index in [1.807, 2.05) is 0 Å². The Balaban J connectivity index is 1.58. The van der Waals surface area contributed by atoms with Crippen molar-refractivity contribution in [3.63, 3.8) is 0 Å². The maximum Gasteiger partial charge on any atom is 0.197 e. The number of phenolic OH excluding ortho intramolecular Hbond substituents is 3. The fourth-order valence-electron chi connectivity index (χ4n) is 4.88. The van der Waals surface area contributed by atoms with Crippen LogP contribution in [-0.2, 0) is 14.2 Å². The summed E-state index contributed by atoms with van der Waals surface area (Å²) in [7, 11) is 0. The molecule has 0 amide bonds. The topological polar surface area (TPSA) is 240 Å². The van der Waals surface area contributed by atoms with Gasteiger partial charge in [0, 0.05) is 17.7 Å². The standard InChI is InChI=1S/C26H28O14/c27-7-16-20(33)22(35)25(40-26-23(36)19(32)13(31)8-37-26)24(39-16)18-12(30)6-15-17(21(18)34)11(29)5-14(38-15)9-1-3-10(28)4-2-9/h1-6,13,16,19-20,22-28,30-36H,7-8H2/t13-,16-,19-,20-,22+,23-,24+,25-,26+/m1/s1. The van der Waals surface area contributed by atoms with Gasteiger partial charge >= 0.3 is 0 Å². The van der Waals surface area contributed by atoms with E-state index in [1.165, 1.54) is 24.3 Å². The van der Waals surface area contributed by atoms with E-state index >= 15 is 0 Å². The van der Waals surface area contributed by atoms with Crippen LogP contribution < -0.4 is 5.43 Å². The molecule has 3 heterocycles. The number of hydrogen-bond donors (Lipinski definition) is 9. The summed E-state index contributed by atoms with van der Waals surface area (Å²) in [5.41, 5.74) is -0.980. The highest BCUT2D eigenvalue weighted by Crippen LogP contribution is 2.46. The lowest BCUT2D eigenvalue weighted by Gasteiger charge is -2.45. The number of aliphatic hydroxyl groups excluding tert-OH is 6. The Hall–Kier alpha value is -3.31. The zero-order chi connectivity index (χ0) is 28.9. The molecule has 0 radical (unpaired) electrons. The molecule has 9 atom stereocenters. The van der Waals surface area contributed by atoms with Crippen LogP contribution in [0.1, 0.15) is 11.7 Å². The van der Waals surface area contributed by atoms with E-state index < -0.39 is 90.8 Å². The Morgan fingerprint density at radius 1 is 0.900 bits per heavy atom. The zero-order valence-electron chi connectivity index (χ0n) is 20.6. The molecule has 14 nitrogen and oxygen atoms in total. The summed E-state index contributed by atoms with van der Waals surface area (Å²) in [6.45, 7) is -1.24. The SMILES string of the molecule is O=c1cc(-c2ccc(O)cc2)oc2cc(O)c([C@@H]3O[C@H](CO)[C@@H](O)[C@H](O)[C@H]3O[C@@H]3OC[C@@H](O)[C@@H](O)[C@H]3O)c(O)c12. The van der Waals surface area contributed by atoms with Crippen LogP contribution in [0.25, 0.3) is 22.3 Å². The average Bonchev–Trinajstić information content (AvgIpc) is 2.92. The Labute approximate surface area is 225 Å². The van der Waals surface area contributed by atoms with E-state index in [0.29, 0.717) is 5.56 Å². The quantitative estimate of drug-likeness (QED) is 0.172. The highest BCUT2D eigenvalue weighted by Gasteiger charge is 2.50. The smallest absolute Gasteiger partial charge is 0.197 e. The molecular weight excluding hydrogens is 536 g/mol. The lowest BCUT2D eigenvalue weighted by Crippen LogP contribution is -2.60. The van der Waals surface area contributed by atoms with Gasteiger partial charge in [-0.15, -0.1) is 0 Å². The van der Waals surface area contributed by atoms with E-state index in [-0.39, 0.29) is 22.5 Å². The fraction of sp³-hybridized carbons (Fsp3) is 0.423. The first kappa shape index (κ1) is 28.2. The molecule has 2 fully saturated rings. The second-order valence-corrected chi connectivity index (χ2v) is 9.66. The van der Waals surface area contributed by atoms with Gasteiger partial charge in [0.05, 0.1) is 18.8 Å². The highest BCUT2D eigenvalue weighted by atomic mass is 16.7. The fourth-order valence-corrected chi connectivity index (χ4v) is 4.88. The van der Waals surface area contributed by atoms with Gasteiger partial charge in [0.15, 0.2) is 11.7 Å². The van der Waals surface area contributed by atoms with Crippen LogP contribution in [0.3, 0.4) is 0 Å². The summed E-state index contributed by atoms with van der Waals surface area (Å²) in [5.74, 6) is -1.42. The Kier molecular flexibility index (Phi) is 7.71. The number of ether oxygens (including phenoxy) is 3. The molecule has 40 heavy (non-hydrogen) atoms. The molecule has 0 saturated carbocycles. The molecule has 0 spiro atoms. The molecule has 14 heteroatoms. The average molecular weight is 564 g/mol. The summed E-state index contributed by atoms with van der Waals surface area (Å²) in [6.07, 6.45) is -14.9. The highest BCUT2D eigenvalue weighted by molar-refractivity contribution is 5.88. The van der Waals surface area contributed by atoms with Gasteiger partial charge in [-0.25, -0.2) is 0 Å². The summed E-state index contributed by atoms with van der Waals surface area (Å²) >= 11 is 0. The van der Waals surface area contributed by atoms with Gasteiger partial charge in [0.25, 0.3) is 0 Å². The van der Waals surface area contributed by atoms with Crippen molar-refractivity contribution in [1.29, 1.82) is 0 Å². The summed E-state index contributed by atoms with van der Waals surface area (Å²) in [5, 5.41) is 92.3. The maximum atomic E-state index is 13.1. The van der Waals surface area contributed by atoms with Crippen molar-refractivity contribution in [1.82, 2.24) is 0 Å². The van der Waals surface area contributed by atoms with Crippen LogP contribution in [0.15, 0.2) is 45.6 Å². The van der Waals surface area contributed by atoms with Crippen molar-refractivity contribution in [2.75, 3.05) is 13.2 Å². The molecule has 0 bridgehead atoms. The first-order valence-corrected chi connectivity index (χ1v) is 12.3. The number of rotatable bonds is 5. The lowest BCUT2D eigenvalue weighted by molar-refractivity contribution is -0.325. The van der Waals surface area contributed by atoms with E-state index in [4.69, 9.17) is 18.6 Å². The Morgan fingerprint density at radius 2 is 1.60 bits per heavy atom. The number of benzene rings is 2. The van der Waals surface area contributed by atoms with Crippen LogP contribution >= 0.6 is 0 Å². The summed E-state index contributed by atoms with van der Waals surface area (Å²) in [6, 6.07) is 7.84. The van der Waals surface area contributed by atoms with Crippen LogP contribution in [0.4, 0.5) is 0 Å². The van der Waals surface area contributed by atoms with Crippen molar-refractivity contribution in [3.8, 4) is 28.6 Å². The van der Waals surface area contributed by atoms with E-state index in [1.54, 1.807) is 0 Å². The molecule has 2 aliphatic rings. The molecule has 2 saturated heterocycles. The number of phenols is 3. The van der Waals surface area contributed by atoms with Gasteiger partial charge < -0.3 is 64.6 Å². The van der Waals surface area contributed by atoms with E-state index in [9.17, 15) is 50.8 Å². The number of aromatic hydroxyl groups is 3. The van der Waals surface area contributed by atoms with Crippen molar-refractivity contribution >= 4 is 11.0 Å². The molecule has 2 aliphatic heterocycles. The molecule has 216 valence electrons. The summed E-state index contributed by atoms with van der Waals surface area (Å²) in [4.78, 5) is 13.1. The predicted molar refractivity (Wildman–Crippen MR) is 132 cm³/mol. The van der Waals surface area contributed by atoms with Gasteiger partial charge in [0.2, 0.25) is 0 Å². The van der Waals surface area contributed by atoms with Gasteiger partial charge in [-0.1, -0.05) is 0 Å². The molecule has 1 aromatic heterocycles. The largest absolute Gasteiger partial charge is 0.508 e. The molecule has 2 aromatic carbocycles. The minimum atomic E-state index is -1.85. The number of fused-ring (bicyclic) bond motifs is 1.